The highest BCUT2D eigenvalue weighted by molar-refractivity contribution is 8.13. The molecule has 0 aliphatic carbocycles. The zero-order valence-corrected chi connectivity index (χ0v) is 5.16. The molecular weight excluding hydrogens is 108 g/mol. The second-order valence-electron chi connectivity index (χ2n) is 1.61. The molecule has 0 aromatic carbocycles. The molecule has 2 N–H and O–H groups in total. The lowest BCUT2D eigenvalue weighted by atomic mass is 10.7. The molecule has 0 amide bonds. The standard InChI is InChI=1S/C4H8N2S/c1-6-2-3-7-4(6)5/h5H,2-3H2,1H3/p+1. The summed E-state index contributed by atoms with van der Waals surface area (Å²) in [4.78, 5) is 0. The summed E-state index contributed by atoms with van der Waals surface area (Å²) in [6, 6.07) is 0. The van der Waals surface area contributed by atoms with E-state index in [0.29, 0.717) is 0 Å². The lowest BCUT2D eigenvalue weighted by Gasteiger charge is -1.84. The Morgan fingerprint density at radius 2 is 2.57 bits per heavy atom. The van der Waals surface area contributed by atoms with Gasteiger partial charge in [-0.3, -0.25) is 10.3 Å². The first-order valence-electron chi connectivity index (χ1n) is 2.27. The Bertz CT molecular complexity index is 96.3. The monoisotopic (exact) mass is 117 g/mol. The third-order valence-electron chi connectivity index (χ3n) is 1.05. The van der Waals surface area contributed by atoms with Crippen LogP contribution in [0.1, 0.15) is 0 Å². The van der Waals surface area contributed by atoms with E-state index in [1.807, 2.05) is 7.05 Å². The Morgan fingerprint density at radius 1 is 1.86 bits per heavy atom. The highest BCUT2D eigenvalue weighted by Crippen LogP contribution is 2.04. The topological polar surface area (TPSA) is 29.0 Å². The summed E-state index contributed by atoms with van der Waals surface area (Å²) in [6.07, 6.45) is 0. The van der Waals surface area contributed by atoms with Crippen LogP contribution >= 0.6 is 11.8 Å². The highest BCUT2D eigenvalue weighted by atomic mass is 32.2. The number of rotatable bonds is 0. The minimum Gasteiger partial charge on any atom is -0.281 e. The first-order chi connectivity index (χ1) is 3.30. The average molecular weight is 117 g/mol. The van der Waals surface area contributed by atoms with Gasteiger partial charge < -0.3 is 0 Å². The minimum atomic E-state index is 0.958. The van der Waals surface area contributed by atoms with Crippen LogP contribution in [-0.4, -0.2) is 29.1 Å². The smallest absolute Gasteiger partial charge is 0.281 e. The summed E-state index contributed by atoms with van der Waals surface area (Å²) < 4.78 is 2.06. The van der Waals surface area contributed by atoms with E-state index in [9.17, 15) is 0 Å². The second kappa shape index (κ2) is 1.74. The average Bonchev–Trinajstić information content (AvgIpc) is 1.91. The van der Waals surface area contributed by atoms with Crippen LogP contribution in [0.25, 0.3) is 0 Å². The summed E-state index contributed by atoms with van der Waals surface area (Å²) in [6.45, 7) is 1.11. The number of thioether (sulfide) groups is 1. The van der Waals surface area contributed by atoms with Gasteiger partial charge in [0, 0.05) is 5.75 Å². The van der Waals surface area contributed by atoms with Crippen molar-refractivity contribution in [2.45, 2.75) is 0 Å². The SMILES string of the molecule is C[N+]1=C(N)SCC1. The van der Waals surface area contributed by atoms with Crippen molar-refractivity contribution >= 4 is 16.9 Å². The zero-order valence-electron chi connectivity index (χ0n) is 4.35. The van der Waals surface area contributed by atoms with Gasteiger partial charge in [-0.05, 0) is 11.8 Å². The maximum absolute atomic E-state index is 5.48. The molecule has 0 unspecified atom stereocenters. The van der Waals surface area contributed by atoms with E-state index in [-0.39, 0.29) is 0 Å². The zero-order chi connectivity index (χ0) is 5.28. The van der Waals surface area contributed by atoms with E-state index in [2.05, 4.69) is 4.58 Å². The molecule has 1 rings (SSSR count). The summed E-state index contributed by atoms with van der Waals surface area (Å²) in [7, 11) is 2.01. The number of amidine groups is 1. The van der Waals surface area contributed by atoms with Crippen molar-refractivity contribution in [3.63, 3.8) is 0 Å². The quantitative estimate of drug-likeness (QED) is 0.441. The normalized spacial score (nSPS) is 21.3. The predicted molar refractivity (Wildman–Crippen MR) is 32.7 cm³/mol. The van der Waals surface area contributed by atoms with E-state index in [0.717, 1.165) is 17.5 Å². The predicted octanol–water partition coefficient (Wildman–Crippen LogP) is -0.310. The molecule has 3 heteroatoms. The fourth-order valence-corrected chi connectivity index (χ4v) is 1.39. The maximum atomic E-state index is 5.48. The fraction of sp³-hybridized carbons (Fsp3) is 0.750. The van der Waals surface area contributed by atoms with Gasteiger partial charge >= 0.3 is 5.17 Å². The van der Waals surface area contributed by atoms with Gasteiger partial charge in [0.25, 0.3) is 0 Å². The Kier molecular flexibility index (Phi) is 1.23. The molecule has 0 spiro atoms. The van der Waals surface area contributed by atoms with Gasteiger partial charge in [-0.25, -0.2) is 0 Å². The van der Waals surface area contributed by atoms with Crippen molar-refractivity contribution in [1.29, 1.82) is 0 Å². The minimum absolute atomic E-state index is 0.958. The van der Waals surface area contributed by atoms with Crippen molar-refractivity contribution in [3.05, 3.63) is 0 Å². The van der Waals surface area contributed by atoms with E-state index in [4.69, 9.17) is 5.73 Å². The summed E-state index contributed by atoms with van der Waals surface area (Å²) in [5.41, 5.74) is 5.48. The molecule has 1 aliphatic heterocycles. The van der Waals surface area contributed by atoms with Crippen LogP contribution < -0.4 is 5.73 Å². The third-order valence-corrected chi connectivity index (χ3v) is 2.05. The van der Waals surface area contributed by atoms with Gasteiger partial charge in [0.2, 0.25) is 0 Å². The molecule has 0 radical (unpaired) electrons. The van der Waals surface area contributed by atoms with Gasteiger partial charge in [-0.1, -0.05) is 0 Å². The van der Waals surface area contributed by atoms with Crippen molar-refractivity contribution in [2.75, 3.05) is 19.3 Å². The highest BCUT2D eigenvalue weighted by Gasteiger charge is 2.11. The van der Waals surface area contributed by atoms with Crippen LogP contribution in [0.5, 0.6) is 0 Å². The van der Waals surface area contributed by atoms with Crippen LogP contribution in [0, 0.1) is 0 Å². The Morgan fingerprint density at radius 3 is 2.71 bits per heavy atom. The fourth-order valence-electron chi connectivity index (χ4n) is 0.508. The molecule has 7 heavy (non-hydrogen) atoms. The number of nitrogens with two attached hydrogens (primary N) is 1. The maximum Gasteiger partial charge on any atom is 0.304 e. The number of hydrogen-bond acceptors (Lipinski definition) is 2. The van der Waals surface area contributed by atoms with Crippen molar-refractivity contribution in [1.82, 2.24) is 0 Å². The summed E-state index contributed by atoms with van der Waals surface area (Å²) in [5, 5.41) is 0.958. The molecule has 2 nitrogen and oxygen atoms in total. The Balaban J connectivity index is 2.64. The molecular formula is C4H9N2S+. The van der Waals surface area contributed by atoms with Gasteiger partial charge in [0.15, 0.2) is 0 Å². The third kappa shape index (κ3) is 0.881. The Labute approximate surface area is 47.4 Å². The Hall–Kier alpha value is -0.180. The molecule has 0 aromatic heterocycles. The van der Waals surface area contributed by atoms with Crippen molar-refractivity contribution in [2.24, 2.45) is 5.73 Å². The van der Waals surface area contributed by atoms with Crippen molar-refractivity contribution in [3.8, 4) is 0 Å². The van der Waals surface area contributed by atoms with Gasteiger partial charge in [-0.15, -0.1) is 0 Å². The first-order valence-corrected chi connectivity index (χ1v) is 3.25. The molecule has 1 heterocycles. The van der Waals surface area contributed by atoms with E-state index >= 15 is 0 Å². The molecule has 0 aromatic rings. The second-order valence-corrected chi connectivity index (χ2v) is 2.72. The lowest BCUT2D eigenvalue weighted by molar-refractivity contribution is -0.487. The lowest BCUT2D eigenvalue weighted by Crippen LogP contribution is -2.16. The molecule has 40 valence electrons. The van der Waals surface area contributed by atoms with E-state index in [1.165, 1.54) is 0 Å². The van der Waals surface area contributed by atoms with Crippen LogP contribution in [0.4, 0.5) is 0 Å². The van der Waals surface area contributed by atoms with E-state index < -0.39 is 0 Å². The molecule has 0 saturated carbocycles. The van der Waals surface area contributed by atoms with E-state index in [1.54, 1.807) is 11.8 Å². The van der Waals surface area contributed by atoms with Gasteiger partial charge in [0.05, 0.1) is 13.6 Å². The van der Waals surface area contributed by atoms with Crippen LogP contribution in [-0.2, 0) is 0 Å². The molecule has 0 bridgehead atoms. The van der Waals surface area contributed by atoms with Crippen molar-refractivity contribution < 1.29 is 4.58 Å². The number of hydrogen-bond donors (Lipinski definition) is 1. The van der Waals surface area contributed by atoms with Gasteiger partial charge in [0.1, 0.15) is 0 Å². The van der Waals surface area contributed by atoms with Crippen LogP contribution in [0.3, 0.4) is 0 Å². The van der Waals surface area contributed by atoms with Gasteiger partial charge in [-0.2, -0.15) is 0 Å². The summed E-state index contributed by atoms with van der Waals surface area (Å²) in [5.74, 6) is 1.16. The number of nitrogens with zero attached hydrogens (tertiary/aromatic N) is 1. The van der Waals surface area contributed by atoms with Crippen LogP contribution in [0.15, 0.2) is 0 Å². The molecule has 0 saturated heterocycles. The molecule has 0 fully saturated rings. The summed E-state index contributed by atoms with van der Waals surface area (Å²) >= 11 is 1.73. The largest absolute Gasteiger partial charge is 0.304 e. The first kappa shape index (κ1) is 4.97. The molecule has 0 atom stereocenters. The molecule has 1 aliphatic rings. The van der Waals surface area contributed by atoms with Crippen LogP contribution in [0.2, 0.25) is 0 Å².